The maximum atomic E-state index is 11.7. The fraction of sp³-hybridized carbons (Fsp3) is 0.273. The first kappa shape index (κ1) is 10.1. The highest BCUT2D eigenvalue weighted by molar-refractivity contribution is 5.91. The molecular formula is C11H11N3O3. The molecule has 6 nitrogen and oxygen atoms in total. The highest BCUT2D eigenvalue weighted by Gasteiger charge is 2.51. The van der Waals surface area contributed by atoms with Gasteiger partial charge in [-0.1, -0.05) is 6.07 Å². The zero-order valence-electron chi connectivity index (χ0n) is 8.95. The van der Waals surface area contributed by atoms with Crippen LogP contribution in [0.2, 0.25) is 0 Å². The van der Waals surface area contributed by atoms with Gasteiger partial charge in [-0.05, 0) is 30.5 Å². The summed E-state index contributed by atoms with van der Waals surface area (Å²) in [6.07, 6.45) is 1.52. The summed E-state index contributed by atoms with van der Waals surface area (Å²) in [6, 6.07) is 5.27. The van der Waals surface area contributed by atoms with Crippen molar-refractivity contribution in [2.24, 2.45) is 5.84 Å². The van der Waals surface area contributed by atoms with Crippen molar-refractivity contribution >= 4 is 17.0 Å². The minimum Gasteiger partial charge on any atom is -0.408 e. The second kappa shape index (κ2) is 3.21. The van der Waals surface area contributed by atoms with Gasteiger partial charge in [-0.25, -0.2) is 10.6 Å². The van der Waals surface area contributed by atoms with Gasteiger partial charge in [0, 0.05) is 0 Å². The molecule has 1 aromatic heterocycles. The number of hydrogen-bond acceptors (Lipinski definition) is 4. The van der Waals surface area contributed by atoms with Gasteiger partial charge in [0.25, 0.3) is 0 Å². The first-order valence-electron chi connectivity index (χ1n) is 5.30. The lowest BCUT2D eigenvalue weighted by atomic mass is 9.95. The van der Waals surface area contributed by atoms with Gasteiger partial charge in [0.15, 0.2) is 5.58 Å². The summed E-state index contributed by atoms with van der Waals surface area (Å²) < 4.78 is 4.97. The molecule has 0 bridgehead atoms. The maximum absolute atomic E-state index is 11.7. The van der Waals surface area contributed by atoms with Gasteiger partial charge in [0.2, 0.25) is 5.91 Å². The number of carbonyl (C=O) groups is 1. The number of oxazole rings is 1. The van der Waals surface area contributed by atoms with Crippen LogP contribution in [0.5, 0.6) is 0 Å². The predicted molar refractivity (Wildman–Crippen MR) is 60.1 cm³/mol. The molecule has 1 aromatic carbocycles. The Morgan fingerprint density at radius 2 is 2.24 bits per heavy atom. The van der Waals surface area contributed by atoms with Crippen LogP contribution in [-0.2, 0) is 10.2 Å². The molecule has 0 unspecified atom stereocenters. The van der Waals surface area contributed by atoms with Crippen molar-refractivity contribution in [3.63, 3.8) is 0 Å². The molecule has 4 N–H and O–H groups in total. The van der Waals surface area contributed by atoms with Crippen LogP contribution >= 0.6 is 0 Å². The predicted octanol–water partition coefficient (Wildman–Crippen LogP) is 0.143. The molecule has 1 amide bonds. The smallest absolute Gasteiger partial charge is 0.408 e. The summed E-state index contributed by atoms with van der Waals surface area (Å²) in [5.74, 6) is 4.48. The molecule has 1 aliphatic rings. The van der Waals surface area contributed by atoms with Crippen LogP contribution in [0.3, 0.4) is 0 Å². The van der Waals surface area contributed by atoms with Crippen LogP contribution in [0, 0.1) is 0 Å². The lowest BCUT2D eigenvalue weighted by Crippen LogP contribution is -2.39. The standard InChI is InChI=1S/C11H11N3O3/c12-14-9(15)11(3-4-11)6-1-2-7-8(5-6)17-10(16)13-7/h1-2,5H,3-4,12H2,(H,13,16)(H,14,15). The SMILES string of the molecule is NNC(=O)C1(c2ccc3[nH]c(=O)oc3c2)CC1. The Morgan fingerprint density at radius 1 is 1.47 bits per heavy atom. The third kappa shape index (κ3) is 1.38. The molecule has 0 atom stereocenters. The van der Waals surface area contributed by atoms with Gasteiger partial charge in [-0.15, -0.1) is 0 Å². The molecule has 0 radical (unpaired) electrons. The molecule has 3 rings (SSSR count). The molecule has 88 valence electrons. The van der Waals surface area contributed by atoms with Crippen LogP contribution in [-0.4, -0.2) is 10.9 Å². The number of benzene rings is 1. The second-order valence-corrected chi connectivity index (χ2v) is 4.28. The van der Waals surface area contributed by atoms with Crippen LogP contribution in [0.25, 0.3) is 11.1 Å². The van der Waals surface area contributed by atoms with Crippen molar-refractivity contribution in [1.29, 1.82) is 0 Å². The van der Waals surface area contributed by atoms with E-state index in [-0.39, 0.29) is 5.91 Å². The Labute approximate surface area is 95.8 Å². The molecule has 0 saturated heterocycles. The summed E-state index contributed by atoms with van der Waals surface area (Å²) in [6.45, 7) is 0. The molecule has 0 spiro atoms. The van der Waals surface area contributed by atoms with Gasteiger partial charge in [0.05, 0.1) is 10.9 Å². The first-order chi connectivity index (χ1) is 8.15. The number of nitrogens with one attached hydrogen (secondary N) is 2. The van der Waals surface area contributed by atoms with Crippen LogP contribution in [0.15, 0.2) is 27.4 Å². The Bertz CT molecular complexity index is 651. The average molecular weight is 233 g/mol. The van der Waals surface area contributed by atoms with Gasteiger partial charge < -0.3 is 4.42 Å². The second-order valence-electron chi connectivity index (χ2n) is 4.28. The van der Waals surface area contributed by atoms with E-state index in [1.165, 1.54) is 0 Å². The van der Waals surface area contributed by atoms with Crippen LogP contribution in [0.1, 0.15) is 18.4 Å². The summed E-state index contributed by atoms with van der Waals surface area (Å²) in [4.78, 5) is 25.3. The molecule has 1 heterocycles. The number of amides is 1. The number of carbonyl (C=O) groups excluding carboxylic acids is 1. The quantitative estimate of drug-likeness (QED) is 0.390. The third-order valence-electron chi connectivity index (χ3n) is 3.29. The highest BCUT2D eigenvalue weighted by Crippen LogP contribution is 2.48. The maximum Gasteiger partial charge on any atom is 0.417 e. The monoisotopic (exact) mass is 233 g/mol. The van der Waals surface area contributed by atoms with Crippen molar-refractivity contribution in [3.8, 4) is 0 Å². The molecule has 6 heteroatoms. The average Bonchev–Trinajstić information content (AvgIpc) is 3.04. The summed E-state index contributed by atoms with van der Waals surface area (Å²) in [5.41, 5.74) is 3.56. The molecule has 1 aliphatic carbocycles. The largest absolute Gasteiger partial charge is 0.417 e. The molecular weight excluding hydrogens is 222 g/mol. The minimum absolute atomic E-state index is 0.199. The zero-order valence-corrected chi connectivity index (χ0v) is 8.95. The third-order valence-corrected chi connectivity index (χ3v) is 3.29. The van der Waals surface area contributed by atoms with E-state index in [1.54, 1.807) is 12.1 Å². The van der Waals surface area contributed by atoms with Gasteiger partial charge in [-0.3, -0.25) is 15.2 Å². The Morgan fingerprint density at radius 3 is 2.88 bits per heavy atom. The van der Waals surface area contributed by atoms with E-state index >= 15 is 0 Å². The Hall–Kier alpha value is -2.08. The number of nitrogens with two attached hydrogens (primary N) is 1. The number of fused-ring (bicyclic) bond motifs is 1. The van der Waals surface area contributed by atoms with E-state index < -0.39 is 11.2 Å². The van der Waals surface area contributed by atoms with Gasteiger partial charge in [-0.2, -0.15) is 0 Å². The summed E-state index contributed by atoms with van der Waals surface area (Å²) in [7, 11) is 0. The molecule has 1 fully saturated rings. The molecule has 17 heavy (non-hydrogen) atoms. The van der Waals surface area contributed by atoms with Crippen LogP contribution in [0.4, 0.5) is 0 Å². The van der Waals surface area contributed by atoms with Crippen molar-refractivity contribution in [3.05, 3.63) is 34.3 Å². The lowest BCUT2D eigenvalue weighted by molar-refractivity contribution is -0.123. The number of H-pyrrole nitrogens is 1. The highest BCUT2D eigenvalue weighted by atomic mass is 16.4. The fourth-order valence-electron chi connectivity index (χ4n) is 2.15. The molecule has 0 aliphatic heterocycles. The van der Waals surface area contributed by atoms with Crippen molar-refractivity contribution in [2.75, 3.05) is 0 Å². The van der Waals surface area contributed by atoms with E-state index in [2.05, 4.69) is 10.4 Å². The molecule has 1 saturated carbocycles. The summed E-state index contributed by atoms with van der Waals surface area (Å²) in [5, 5.41) is 0. The fourth-order valence-corrected chi connectivity index (χ4v) is 2.15. The van der Waals surface area contributed by atoms with Crippen molar-refractivity contribution in [1.82, 2.24) is 10.4 Å². The topological polar surface area (TPSA) is 101 Å². The Kier molecular flexibility index (Phi) is 1.90. The van der Waals surface area contributed by atoms with Crippen molar-refractivity contribution < 1.29 is 9.21 Å². The molecule has 2 aromatic rings. The number of rotatable bonds is 2. The van der Waals surface area contributed by atoms with E-state index in [4.69, 9.17) is 10.3 Å². The first-order valence-corrected chi connectivity index (χ1v) is 5.30. The number of hydrazine groups is 1. The number of aromatic nitrogens is 1. The van der Waals surface area contributed by atoms with E-state index in [9.17, 15) is 9.59 Å². The zero-order chi connectivity index (χ0) is 12.0. The minimum atomic E-state index is -0.543. The van der Waals surface area contributed by atoms with Crippen LogP contribution < -0.4 is 17.0 Å². The van der Waals surface area contributed by atoms with Gasteiger partial charge >= 0.3 is 5.76 Å². The van der Waals surface area contributed by atoms with E-state index in [1.807, 2.05) is 6.07 Å². The van der Waals surface area contributed by atoms with Gasteiger partial charge in [0.1, 0.15) is 0 Å². The normalized spacial score (nSPS) is 17.0. The number of aromatic amines is 1. The summed E-state index contributed by atoms with van der Waals surface area (Å²) >= 11 is 0. The van der Waals surface area contributed by atoms with E-state index in [0.717, 1.165) is 18.4 Å². The Balaban J connectivity index is 2.12. The van der Waals surface area contributed by atoms with E-state index in [0.29, 0.717) is 11.1 Å². The van der Waals surface area contributed by atoms with Crippen molar-refractivity contribution in [2.45, 2.75) is 18.3 Å². The lowest BCUT2D eigenvalue weighted by Gasteiger charge is -2.12. The number of hydrogen-bond donors (Lipinski definition) is 3.